The van der Waals surface area contributed by atoms with Gasteiger partial charge in [-0.15, -0.1) is 11.3 Å². The van der Waals surface area contributed by atoms with Gasteiger partial charge in [0.15, 0.2) is 10.2 Å². The average molecular weight is 286 g/mol. The van der Waals surface area contributed by atoms with Gasteiger partial charge in [0.05, 0.1) is 11.9 Å². The summed E-state index contributed by atoms with van der Waals surface area (Å²) in [5.74, 6) is 0.641. The van der Waals surface area contributed by atoms with Gasteiger partial charge in [0.1, 0.15) is 5.82 Å². The van der Waals surface area contributed by atoms with Crippen molar-refractivity contribution in [1.82, 2.24) is 15.0 Å². The molecule has 2 rings (SSSR count). The van der Waals surface area contributed by atoms with Gasteiger partial charge < -0.3 is 4.98 Å². The summed E-state index contributed by atoms with van der Waals surface area (Å²) in [4.78, 5) is 11.9. The summed E-state index contributed by atoms with van der Waals surface area (Å²) in [6, 6.07) is 0. The standard InChI is InChI=1S/C10H14N4O2S2/c1-4-8-11-5-9(13-8)18(15,16)14-10-12-6(2)7(3)17-10/h5H,4H2,1-3H3,(H,11,13)(H,12,14). The molecule has 2 N–H and O–H groups in total. The molecular weight excluding hydrogens is 272 g/mol. The van der Waals surface area contributed by atoms with Crippen molar-refractivity contribution in [2.75, 3.05) is 4.72 Å². The van der Waals surface area contributed by atoms with E-state index in [1.54, 1.807) is 0 Å². The molecule has 0 amide bonds. The van der Waals surface area contributed by atoms with Crippen molar-refractivity contribution >= 4 is 26.5 Å². The van der Waals surface area contributed by atoms with Crippen molar-refractivity contribution in [3.8, 4) is 0 Å². The lowest BCUT2D eigenvalue weighted by molar-refractivity contribution is 0.598. The van der Waals surface area contributed by atoms with Crippen LogP contribution in [0, 0.1) is 13.8 Å². The van der Waals surface area contributed by atoms with Gasteiger partial charge in [-0.05, 0) is 13.8 Å². The first-order valence-electron chi connectivity index (χ1n) is 5.43. The second kappa shape index (κ2) is 4.69. The van der Waals surface area contributed by atoms with E-state index in [0.29, 0.717) is 17.4 Å². The van der Waals surface area contributed by atoms with Crippen molar-refractivity contribution < 1.29 is 8.42 Å². The van der Waals surface area contributed by atoms with E-state index in [1.807, 2.05) is 20.8 Å². The minimum Gasteiger partial charge on any atom is -0.332 e. The molecule has 0 saturated carbocycles. The summed E-state index contributed by atoms with van der Waals surface area (Å²) in [7, 11) is -3.63. The number of rotatable bonds is 4. The Morgan fingerprint density at radius 2 is 2.17 bits per heavy atom. The number of thiazole rings is 1. The Morgan fingerprint density at radius 1 is 1.44 bits per heavy atom. The second-order valence-corrected chi connectivity index (χ2v) is 6.67. The molecule has 0 aliphatic carbocycles. The molecule has 0 bridgehead atoms. The highest BCUT2D eigenvalue weighted by molar-refractivity contribution is 7.92. The first-order valence-corrected chi connectivity index (χ1v) is 7.73. The van der Waals surface area contributed by atoms with Crippen molar-refractivity contribution in [3.63, 3.8) is 0 Å². The number of imidazole rings is 1. The third-order valence-corrected chi connectivity index (χ3v) is 4.85. The van der Waals surface area contributed by atoms with Crippen molar-refractivity contribution in [1.29, 1.82) is 0 Å². The minimum absolute atomic E-state index is 0.0601. The highest BCUT2D eigenvalue weighted by Gasteiger charge is 2.19. The SMILES string of the molecule is CCc1ncc(S(=O)(=O)Nc2nc(C)c(C)s2)[nH]1. The monoisotopic (exact) mass is 286 g/mol. The molecular formula is C10H14N4O2S2. The Morgan fingerprint density at radius 3 is 2.67 bits per heavy atom. The summed E-state index contributed by atoms with van der Waals surface area (Å²) in [5.41, 5.74) is 0.830. The van der Waals surface area contributed by atoms with Gasteiger partial charge in [-0.25, -0.2) is 9.97 Å². The summed E-state index contributed by atoms with van der Waals surface area (Å²) < 4.78 is 26.5. The quantitative estimate of drug-likeness (QED) is 0.897. The first-order chi connectivity index (χ1) is 8.42. The Labute approximate surface area is 110 Å². The van der Waals surface area contributed by atoms with Crippen LogP contribution in [-0.4, -0.2) is 23.4 Å². The van der Waals surface area contributed by atoms with Gasteiger partial charge in [-0.1, -0.05) is 6.92 Å². The fourth-order valence-electron chi connectivity index (χ4n) is 1.35. The number of nitrogens with zero attached hydrogens (tertiary/aromatic N) is 2. The van der Waals surface area contributed by atoms with Gasteiger partial charge in [-0.3, -0.25) is 4.72 Å². The number of aromatic amines is 1. The second-order valence-electron chi connectivity index (χ2n) is 3.81. The van der Waals surface area contributed by atoms with E-state index in [2.05, 4.69) is 19.7 Å². The van der Waals surface area contributed by atoms with Crippen LogP contribution in [0.3, 0.4) is 0 Å². The van der Waals surface area contributed by atoms with Gasteiger partial charge in [0.2, 0.25) is 0 Å². The lowest BCUT2D eigenvalue weighted by Crippen LogP contribution is -2.13. The highest BCUT2D eigenvalue weighted by atomic mass is 32.2. The molecule has 2 aromatic heterocycles. The smallest absolute Gasteiger partial charge is 0.280 e. The molecule has 0 aliphatic heterocycles. The zero-order chi connectivity index (χ0) is 13.3. The number of nitrogens with one attached hydrogen (secondary N) is 2. The summed E-state index contributed by atoms with van der Waals surface area (Å²) in [5, 5.41) is 0.433. The summed E-state index contributed by atoms with van der Waals surface area (Å²) in [6.07, 6.45) is 1.97. The number of hydrogen-bond acceptors (Lipinski definition) is 5. The molecule has 2 heterocycles. The van der Waals surface area contributed by atoms with Crippen molar-refractivity contribution in [3.05, 3.63) is 22.6 Å². The van der Waals surface area contributed by atoms with Gasteiger partial charge in [0, 0.05) is 11.3 Å². The van der Waals surface area contributed by atoms with E-state index in [0.717, 1.165) is 10.6 Å². The van der Waals surface area contributed by atoms with Crippen molar-refractivity contribution in [2.45, 2.75) is 32.2 Å². The van der Waals surface area contributed by atoms with Crippen LogP contribution < -0.4 is 4.72 Å². The van der Waals surface area contributed by atoms with Crippen LogP contribution in [-0.2, 0) is 16.4 Å². The lowest BCUT2D eigenvalue weighted by atomic mass is 10.4. The minimum atomic E-state index is -3.63. The number of sulfonamides is 1. The Hall–Kier alpha value is -1.41. The van der Waals surface area contributed by atoms with Crippen LogP contribution in [0.5, 0.6) is 0 Å². The molecule has 2 aromatic rings. The number of anilines is 1. The van der Waals surface area contributed by atoms with E-state index >= 15 is 0 Å². The zero-order valence-corrected chi connectivity index (χ0v) is 11.9. The summed E-state index contributed by atoms with van der Waals surface area (Å²) in [6.45, 7) is 5.64. The fraction of sp³-hybridized carbons (Fsp3) is 0.400. The highest BCUT2D eigenvalue weighted by Crippen LogP contribution is 2.23. The van der Waals surface area contributed by atoms with Crippen LogP contribution >= 0.6 is 11.3 Å². The number of aromatic nitrogens is 3. The maximum atomic E-state index is 12.0. The van der Waals surface area contributed by atoms with Crippen LogP contribution in [0.2, 0.25) is 0 Å². The average Bonchev–Trinajstić information content (AvgIpc) is 2.86. The number of hydrogen-bond donors (Lipinski definition) is 2. The molecule has 8 heteroatoms. The Balaban J connectivity index is 2.26. The third kappa shape index (κ3) is 2.54. The van der Waals surface area contributed by atoms with Gasteiger partial charge >= 0.3 is 0 Å². The predicted octanol–water partition coefficient (Wildman–Crippen LogP) is 1.85. The predicted molar refractivity (Wildman–Crippen MR) is 70.4 cm³/mol. The Bertz CT molecular complexity index is 638. The van der Waals surface area contributed by atoms with E-state index < -0.39 is 10.0 Å². The van der Waals surface area contributed by atoms with Crippen LogP contribution in [0.15, 0.2) is 11.2 Å². The van der Waals surface area contributed by atoms with Gasteiger partial charge in [-0.2, -0.15) is 8.42 Å². The normalized spacial score (nSPS) is 11.7. The molecule has 0 radical (unpaired) electrons. The fourth-order valence-corrected chi connectivity index (χ4v) is 3.34. The molecule has 0 saturated heterocycles. The largest absolute Gasteiger partial charge is 0.332 e. The summed E-state index contributed by atoms with van der Waals surface area (Å²) >= 11 is 1.31. The van der Waals surface area contributed by atoms with E-state index in [9.17, 15) is 8.42 Å². The first kappa shape index (κ1) is 13.0. The molecule has 0 aromatic carbocycles. The molecule has 0 atom stereocenters. The molecule has 98 valence electrons. The van der Waals surface area contributed by atoms with Crippen LogP contribution in [0.1, 0.15) is 23.3 Å². The third-order valence-electron chi connectivity index (χ3n) is 2.48. The molecule has 0 aliphatic rings. The number of H-pyrrole nitrogens is 1. The topological polar surface area (TPSA) is 87.7 Å². The lowest BCUT2D eigenvalue weighted by Gasteiger charge is -2.01. The maximum absolute atomic E-state index is 12.0. The molecule has 0 fully saturated rings. The maximum Gasteiger partial charge on any atom is 0.280 e. The molecule has 6 nitrogen and oxygen atoms in total. The van der Waals surface area contributed by atoms with E-state index in [-0.39, 0.29) is 5.03 Å². The van der Waals surface area contributed by atoms with Crippen molar-refractivity contribution in [2.24, 2.45) is 0 Å². The van der Waals surface area contributed by atoms with E-state index in [4.69, 9.17) is 0 Å². The molecule has 18 heavy (non-hydrogen) atoms. The zero-order valence-electron chi connectivity index (χ0n) is 10.3. The number of aryl methyl sites for hydroxylation is 3. The Kier molecular flexibility index (Phi) is 3.40. The van der Waals surface area contributed by atoms with Gasteiger partial charge in [0.25, 0.3) is 10.0 Å². The molecule has 0 unspecified atom stereocenters. The van der Waals surface area contributed by atoms with Crippen LogP contribution in [0.4, 0.5) is 5.13 Å². The van der Waals surface area contributed by atoms with Crippen LogP contribution in [0.25, 0.3) is 0 Å². The molecule has 0 spiro atoms. The van der Waals surface area contributed by atoms with E-state index in [1.165, 1.54) is 17.5 Å².